The Labute approximate surface area is 228 Å². The van der Waals surface area contributed by atoms with Gasteiger partial charge in [-0.25, -0.2) is 0 Å². The van der Waals surface area contributed by atoms with Gasteiger partial charge < -0.3 is 9.05 Å². The number of rotatable bonds is 10. The van der Waals surface area contributed by atoms with Gasteiger partial charge in [0.1, 0.15) is 12.2 Å². The molecule has 0 aliphatic heterocycles. The summed E-state index contributed by atoms with van der Waals surface area (Å²) in [5.41, 5.74) is 1.81. The number of nitrogens with zero attached hydrogens (tertiary/aromatic N) is 1. The monoisotopic (exact) mass is 535 g/mol. The third-order valence-corrected chi connectivity index (χ3v) is 10.2. The maximum absolute atomic E-state index is 6.73. The highest BCUT2D eigenvalue weighted by Crippen LogP contribution is 2.42. The Morgan fingerprint density at radius 1 is 0.421 bits per heavy atom. The molecule has 3 nitrogen and oxygen atoms in total. The van der Waals surface area contributed by atoms with Crippen LogP contribution in [0, 0.1) is 0 Å². The molecule has 0 aliphatic carbocycles. The summed E-state index contributed by atoms with van der Waals surface area (Å²) in [5, 5.41) is 4.74. The highest BCUT2D eigenvalue weighted by molar-refractivity contribution is 7.68. The molecule has 0 amide bonds. The van der Waals surface area contributed by atoms with E-state index in [2.05, 4.69) is 117 Å². The number of benzene rings is 4. The molecule has 0 fully saturated rings. The van der Waals surface area contributed by atoms with Crippen LogP contribution < -0.4 is 21.2 Å². The predicted molar refractivity (Wildman–Crippen MR) is 161 cm³/mol. The molecule has 0 N–H and O–H groups in total. The Morgan fingerprint density at radius 3 is 1.00 bits per heavy atom. The van der Waals surface area contributed by atoms with Gasteiger partial charge in [0.05, 0.1) is 27.7 Å². The minimum atomic E-state index is -0.981. The van der Waals surface area contributed by atoms with E-state index in [1.165, 1.54) is 21.2 Å². The summed E-state index contributed by atoms with van der Waals surface area (Å²) in [6.07, 6.45) is -0.364. The minimum Gasteiger partial charge on any atom is -0.340 e. The molecule has 1 heterocycles. The van der Waals surface area contributed by atoms with Gasteiger partial charge in [0.25, 0.3) is 0 Å². The maximum Gasteiger partial charge on any atom is 0.102 e. The van der Waals surface area contributed by atoms with E-state index in [1.807, 2.05) is 36.4 Å². The van der Waals surface area contributed by atoms with E-state index in [-0.39, 0.29) is 12.2 Å². The Morgan fingerprint density at radius 2 is 0.711 bits per heavy atom. The third kappa shape index (κ3) is 6.62. The number of hydrogen-bond acceptors (Lipinski definition) is 3. The molecule has 0 radical (unpaired) electrons. The predicted octanol–water partition coefficient (Wildman–Crippen LogP) is 7.33. The van der Waals surface area contributed by atoms with Crippen molar-refractivity contribution in [1.29, 1.82) is 0 Å². The van der Waals surface area contributed by atoms with E-state index in [4.69, 9.17) is 14.0 Å². The average molecular weight is 536 g/mol. The van der Waals surface area contributed by atoms with E-state index >= 15 is 0 Å². The molecule has 0 unspecified atom stereocenters. The second-order valence-electron chi connectivity index (χ2n) is 8.91. The lowest BCUT2D eigenvalue weighted by atomic mass is 10.2. The lowest BCUT2D eigenvalue weighted by Crippen LogP contribution is -2.17. The van der Waals surface area contributed by atoms with Crippen LogP contribution in [-0.2, 0) is 9.05 Å². The van der Waals surface area contributed by atoms with E-state index < -0.39 is 16.3 Å². The van der Waals surface area contributed by atoms with Crippen molar-refractivity contribution in [3.8, 4) is 0 Å². The summed E-state index contributed by atoms with van der Waals surface area (Å²) in [5.74, 6) is 0. The van der Waals surface area contributed by atoms with Crippen LogP contribution in [0.4, 0.5) is 0 Å². The molecular weight excluding hydrogens is 504 g/mol. The van der Waals surface area contributed by atoms with Crippen molar-refractivity contribution < 1.29 is 9.05 Å². The summed E-state index contributed by atoms with van der Waals surface area (Å²) in [6.45, 7) is 4.17. The second kappa shape index (κ2) is 13.1. The molecule has 2 atom stereocenters. The molecule has 0 saturated heterocycles. The quantitative estimate of drug-likeness (QED) is 0.176. The summed E-state index contributed by atoms with van der Waals surface area (Å²) in [7, 11) is -1.96. The zero-order chi connectivity index (χ0) is 26.2. The van der Waals surface area contributed by atoms with Gasteiger partial charge in [0, 0.05) is 21.2 Å². The van der Waals surface area contributed by atoms with Gasteiger partial charge in [-0.3, -0.25) is 4.98 Å². The zero-order valence-electron chi connectivity index (χ0n) is 21.6. The molecule has 5 heteroatoms. The van der Waals surface area contributed by atoms with Gasteiger partial charge in [0.2, 0.25) is 0 Å². The Kier molecular flexibility index (Phi) is 9.07. The molecule has 5 rings (SSSR count). The van der Waals surface area contributed by atoms with Gasteiger partial charge in [-0.15, -0.1) is 0 Å². The molecule has 38 heavy (non-hydrogen) atoms. The van der Waals surface area contributed by atoms with E-state index in [1.54, 1.807) is 0 Å². The van der Waals surface area contributed by atoms with Gasteiger partial charge in [0.15, 0.2) is 0 Å². The van der Waals surface area contributed by atoms with Crippen LogP contribution in [-0.4, -0.2) is 4.98 Å². The van der Waals surface area contributed by atoms with Gasteiger partial charge in [-0.05, 0) is 26.0 Å². The van der Waals surface area contributed by atoms with Crippen LogP contribution in [0.25, 0.3) is 0 Å². The molecular formula is C33H31NO2P2. The summed E-state index contributed by atoms with van der Waals surface area (Å²) < 4.78 is 13.5. The topological polar surface area (TPSA) is 31.4 Å². The fraction of sp³-hybridized carbons (Fsp3) is 0.121. The lowest BCUT2D eigenvalue weighted by molar-refractivity contribution is 0.242. The Balaban J connectivity index is 1.37. The maximum atomic E-state index is 6.73. The third-order valence-electron chi connectivity index (χ3n) is 6.12. The molecule has 0 spiro atoms. The Hall–Kier alpha value is -3.19. The smallest absolute Gasteiger partial charge is 0.102 e. The largest absolute Gasteiger partial charge is 0.340 e. The van der Waals surface area contributed by atoms with E-state index in [0.29, 0.717) is 0 Å². The first-order chi connectivity index (χ1) is 18.7. The van der Waals surface area contributed by atoms with Crippen LogP contribution in [0.15, 0.2) is 140 Å². The van der Waals surface area contributed by atoms with Gasteiger partial charge >= 0.3 is 0 Å². The van der Waals surface area contributed by atoms with Crippen LogP contribution in [0.5, 0.6) is 0 Å². The highest BCUT2D eigenvalue weighted by atomic mass is 31.1. The first kappa shape index (κ1) is 26.4. The summed E-state index contributed by atoms with van der Waals surface area (Å²) >= 11 is 0. The van der Waals surface area contributed by atoms with Crippen LogP contribution >= 0.6 is 16.3 Å². The molecule has 5 aromatic rings. The normalized spacial score (nSPS) is 12.9. The molecule has 4 aromatic carbocycles. The number of aromatic nitrogens is 1. The SMILES string of the molecule is C[C@@H](OP(c1ccccc1)c1ccccc1)c1cccc([C@@H](C)OP(c2ccccc2)c2ccccc2)n1. The fourth-order valence-corrected chi connectivity index (χ4v) is 7.84. The minimum absolute atomic E-state index is 0.182. The standard InChI is InChI=1S/C33H31NO2P2/c1-26(35-37(28-16-7-3-8-17-28)29-18-9-4-10-19-29)32-24-15-25-33(34-32)27(2)36-38(30-20-11-5-12-21-30)31-22-13-6-14-23-31/h3-27H,1-2H3/t26-,27-/m1/s1. The molecule has 190 valence electrons. The highest BCUT2D eigenvalue weighted by Gasteiger charge is 2.23. The average Bonchev–Trinajstić information content (AvgIpc) is 3.00. The Bertz CT molecular complexity index is 1220. The molecule has 0 saturated carbocycles. The van der Waals surface area contributed by atoms with Crippen molar-refractivity contribution in [3.63, 3.8) is 0 Å². The van der Waals surface area contributed by atoms with Gasteiger partial charge in [-0.1, -0.05) is 127 Å². The van der Waals surface area contributed by atoms with E-state index in [0.717, 1.165) is 11.4 Å². The van der Waals surface area contributed by atoms with Crippen molar-refractivity contribution in [1.82, 2.24) is 4.98 Å². The first-order valence-corrected chi connectivity index (χ1v) is 15.3. The van der Waals surface area contributed by atoms with Crippen molar-refractivity contribution in [3.05, 3.63) is 151 Å². The van der Waals surface area contributed by atoms with Crippen LogP contribution in [0.1, 0.15) is 37.4 Å². The van der Waals surface area contributed by atoms with Crippen molar-refractivity contribution in [2.75, 3.05) is 0 Å². The molecule has 0 aliphatic rings. The fourth-order valence-electron chi connectivity index (χ4n) is 4.14. The van der Waals surface area contributed by atoms with E-state index in [9.17, 15) is 0 Å². The number of pyridine rings is 1. The van der Waals surface area contributed by atoms with Crippen molar-refractivity contribution >= 4 is 37.5 Å². The van der Waals surface area contributed by atoms with Crippen LogP contribution in [0.3, 0.4) is 0 Å². The second-order valence-corrected chi connectivity index (χ2v) is 12.6. The van der Waals surface area contributed by atoms with Gasteiger partial charge in [-0.2, -0.15) is 0 Å². The molecule has 0 bridgehead atoms. The molecule has 1 aromatic heterocycles. The van der Waals surface area contributed by atoms with Crippen LogP contribution in [0.2, 0.25) is 0 Å². The van der Waals surface area contributed by atoms with Crippen molar-refractivity contribution in [2.24, 2.45) is 0 Å². The van der Waals surface area contributed by atoms with Crippen molar-refractivity contribution in [2.45, 2.75) is 26.1 Å². The zero-order valence-corrected chi connectivity index (χ0v) is 23.4. The lowest BCUT2D eigenvalue weighted by Gasteiger charge is -2.25. The summed E-state index contributed by atoms with van der Waals surface area (Å²) in [6, 6.07) is 47.9. The first-order valence-electron chi connectivity index (χ1n) is 12.8. The summed E-state index contributed by atoms with van der Waals surface area (Å²) in [4.78, 5) is 5.02. The number of hydrogen-bond donors (Lipinski definition) is 0.